The topological polar surface area (TPSA) is 75.6 Å². The van der Waals surface area contributed by atoms with E-state index in [-0.39, 0.29) is 5.92 Å². The molecule has 0 heterocycles. The van der Waals surface area contributed by atoms with Crippen molar-refractivity contribution in [1.29, 1.82) is 0 Å². The molecule has 1 aromatic carbocycles. The minimum atomic E-state index is -1.51. The number of ether oxygens (including phenoxy) is 1. The Morgan fingerprint density at radius 2 is 1.93 bits per heavy atom. The standard InChI is InChI=1S/C24H29NO4S/c1-4-5-6-7-16-29-17-19-8-10-20(11-9-19)21-12-14-22(15-13-21)30(28)25-23(18(2)3)24(26)27/h4-12,14,16,18,23,25H,1,13,15,17H2,2-3H3,(H,26,27)/b6-5-,16-7+. The summed E-state index contributed by atoms with van der Waals surface area (Å²) in [6.45, 7) is 7.68. The second-order valence-electron chi connectivity index (χ2n) is 7.23. The molecule has 30 heavy (non-hydrogen) atoms. The average Bonchev–Trinajstić information content (AvgIpc) is 2.74. The molecule has 5 nitrogen and oxygen atoms in total. The van der Waals surface area contributed by atoms with Crippen LogP contribution in [0.15, 0.2) is 78.5 Å². The highest BCUT2D eigenvalue weighted by molar-refractivity contribution is 7.87. The molecule has 2 N–H and O–H groups in total. The highest BCUT2D eigenvalue weighted by atomic mass is 32.2. The molecule has 2 unspecified atom stereocenters. The van der Waals surface area contributed by atoms with Gasteiger partial charge in [-0.1, -0.05) is 69.0 Å². The predicted molar refractivity (Wildman–Crippen MR) is 123 cm³/mol. The molecule has 2 atom stereocenters. The number of nitrogens with one attached hydrogen (secondary N) is 1. The fourth-order valence-corrected chi connectivity index (χ4v) is 4.11. The molecule has 0 amide bonds. The van der Waals surface area contributed by atoms with Crippen molar-refractivity contribution in [2.75, 3.05) is 0 Å². The largest absolute Gasteiger partial charge is 0.497 e. The highest BCUT2D eigenvalue weighted by Crippen LogP contribution is 2.28. The summed E-state index contributed by atoms with van der Waals surface area (Å²) in [6, 6.07) is 7.34. The van der Waals surface area contributed by atoms with Gasteiger partial charge in [0.2, 0.25) is 0 Å². The number of carboxylic acids is 1. The van der Waals surface area contributed by atoms with Crippen molar-refractivity contribution in [3.05, 3.63) is 89.6 Å². The van der Waals surface area contributed by atoms with Gasteiger partial charge in [-0.2, -0.15) is 0 Å². The van der Waals surface area contributed by atoms with Crippen LogP contribution in [0.3, 0.4) is 0 Å². The van der Waals surface area contributed by atoms with E-state index in [0.29, 0.717) is 17.9 Å². The lowest BCUT2D eigenvalue weighted by Crippen LogP contribution is -2.42. The van der Waals surface area contributed by atoms with Crippen LogP contribution in [0.4, 0.5) is 0 Å². The lowest BCUT2D eigenvalue weighted by molar-refractivity contribution is -0.140. The first-order valence-corrected chi connectivity index (χ1v) is 11.0. The third-order valence-corrected chi connectivity index (χ3v) is 5.91. The Kier molecular flexibility index (Phi) is 9.51. The molecule has 0 fully saturated rings. The smallest absolute Gasteiger partial charge is 0.321 e. The normalized spacial score (nSPS) is 16.4. The summed E-state index contributed by atoms with van der Waals surface area (Å²) in [5.74, 6) is -1.14. The molecule has 160 valence electrons. The minimum absolute atomic E-state index is 0.150. The maximum absolute atomic E-state index is 12.5. The fraction of sp³-hybridized carbons (Fsp3) is 0.292. The third-order valence-electron chi connectivity index (χ3n) is 4.62. The van der Waals surface area contributed by atoms with Crippen LogP contribution in [-0.4, -0.2) is 21.3 Å². The number of hydrogen-bond donors (Lipinski definition) is 2. The van der Waals surface area contributed by atoms with E-state index in [1.165, 1.54) is 0 Å². The van der Waals surface area contributed by atoms with Gasteiger partial charge in [0.25, 0.3) is 0 Å². The van der Waals surface area contributed by atoms with E-state index in [1.54, 1.807) is 26.2 Å². The predicted octanol–water partition coefficient (Wildman–Crippen LogP) is 4.88. The van der Waals surface area contributed by atoms with Gasteiger partial charge in [0, 0.05) is 4.91 Å². The Bertz CT molecular complexity index is 879. The molecular weight excluding hydrogens is 398 g/mol. The van der Waals surface area contributed by atoms with Crippen molar-refractivity contribution in [2.24, 2.45) is 5.92 Å². The van der Waals surface area contributed by atoms with Crippen LogP contribution in [-0.2, 0) is 27.1 Å². The average molecular weight is 428 g/mol. The number of carboxylic acid groups (broad SMARTS) is 1. The van der Waals surface area contributed by atoms with E-state index in [0.717, 1.165) is 23.1 Å². The van der Waals surface area contributed by atoms with Crippen molar-refractivity contribution in [3.8, 4) is 0 Å². The second kappa shape index (κ2) is 12.1. The Labute approximate surface area is 181 Å². The first kappa shape index (κ1) is 23.6. The maximum atomic E-state index is 12.5. The van der Waals surface area contributed by atoms with Crippen LogP contribution in [0.2, 0.25) is 0 Å². The quantitative estimate of drug-likeness (QED) is 0.390. The van der Waals surface area contributed by atoms with E-state index in [1.807, 2.05) is 42.5 Å². The number of allylic oxidation sites excluding steroid dienone is 8. The molecule has 1 aromatic rings. The van der Waals surface area contributed by atoms with Crippen molar-refractivity contribution >= 4 is 22.5 Å². The van der Waals surface area contributed by atoms with E-state index in [9.17, 15) is 14.1 Å². The zero-order valence-electron chi connectivity index (χ0n) is 17.4. The van der Waals surface area contributed by atoms with Crippen LogP contribution in [0.1, 0.15) is 37.8 Å². The lowest BCUT2D eigenvalue weighted by Gasteiger charge is -2.20. The zero-order valence-corrected chi connectivity index (χ0v) is 18.2. The van der Waals surface area contributed by atoms with Gasteiger partial charge in [-0.3, -0.25) is 4.79 Å². The number of hydrogen-bond acceptors (Lipinski definition) is 3. The molecule has 0 bridgehead atoms. The van der Waals surface area contributed by atoms with Gasteiger partial charge in [0.15, 0.2) is 0 Å². The number of rotatable bonds is 11. The van der Waals surface area contributed by atoms with Gasteiger partial charge in [0.05, 0.1) is 6.26 Å². The molecule has 0 saturated carbocycles. The molecule has 1 aliphatic carbocycles. The van der Waals surface area contributed by atoms with Gasteiger partial charge in [-0.25, -0.2) is 8.93 Å². The van der Waals surface area contributed by atoms with Crippen LogP contribution < -0.4 is 4.72 Å². The van der Waals surface area contributed by atoms with Crippen LogP contribution in [0.5, 0.6) is 0 Å². The van der Waals surface area contributed by atoms with Crippen LogP contribution in [0, 0.1) is 5.92 Å². The summed E-state index contributed by atoms with van der Waals surface area (Å²) in [5, 5.41) is 9.26. The molecule has 0 saturated heterocycles. The minimum Gasteiger partial charge on any atom is -0.497 e. The number of carbonyl (C=O) groups is 1. The van der Waals surface area contributed by atoms with E-state index in [2.05, 4.69) is 23.4 Å². The Morgan fingerprint density at radius 3 is 2.50 bits per heavy atom. The molecule has 0 spiro atoms. The summed E-state index contributed by atoms with van der Waals surface area (Å²) in [6.07, 6.45) is 14.0. The zero-order chi connectivity index (χ0) is 21.9. The SMILES string of the molecule is C=C/C=C\C=C\OCc1ccc(C2=CC=C(S(=O)NC(C(=O)O)C(C)C)CC2)cc1. The Balaban J connectivity index is 1.95. The summed E-state index contributed by atoms with van der Waals surface area (Å²) >= 11 is 0. The van der Waals surface area contributed by atoms with Crippen LogP contribution in [0.25, 0.3) is 5.57 Å². The number of benzene rings is 1. The number of aliphatic carboxylic acids is 1. The Hall–Kier alpha value is -2.70. The molecule has 1 aliphatic rings. The highest BCUT2D eigenvalue weighted by Gasteiger charge is 2.25. The van der Waals surface area contributed by atoms with E-state index in [4.69, 9.17) is 4.74 Å². The molecule has 6 heteroatoms. The lowest BCUT2D eigenvalue weighted by atomic mass is 9.96. The third kappa shape index (κ3) is 7.28. The maximum Gasteiger partial charge on any atom is 0.321 e. The second-order valence-corrected chi connectivity index (χ2v) is 8.53. The van der Waals surface area contributed by atoms with Gasteiger partial charge in [-0.05, 0) is 47.6 Å². The Morgan fingerprint density at radius 1 is 1.20 bits per heavy atom. The van der Waals surface area contributed by atoms with E-state index < -0.39 is 23.0 Å². The molecular formula is C24H29NO4S. The molecule has 0 radical (unpaired) electrons. The van der Waals surface area contributed by atoms with Gasteiger partial charge < -0.3 is 9.84 Å². The monoisotopic (exact) mass is 427 g/mol. The molecule has 0 aliphatic heterocycles. The van der Waals surface area contributed by atoms with Gasteiger partial charge in [0.1, 0.15) is 23.6 Å². The summed E-state index contributed by atoms with van der Waals surface area (Å²) < 4.78 is 20.7. The first-order chi connectivity index (χ1) is 14.4. The van der Waals surface area contributed by atoms with Crippen LogP contribution >= 0.6 is 0 Å². The van der Waals surface area contributed by atoms with Crippen molar-refractivity contribution in [3.63, 3.8) is 0 Å². The van der Waals surface area contributed by atoms with E-state index >= 15 is 0 Å². The fourth-order valence-electron chi connectivity index (χ4n) is 2.88. The van der Waals surface area contributed by atoms with Crippen molar-refractivity contribution < 1.29 is 18.8 Å². The molecule has 0 aromatic heterocycles. The van der Waals surface area contributed by atoms with Gasteiger partial charge in [-0.15, -0.1) is 0 Å². The van der Waals surface area contributed by atoms with Gasteiger partial charge >= 0.3 is 5.97 Å². The summed E-state index contributed by atoms with van der Waals surface area (Å²) in [5.41, 5.74) is 3.35. The first-order valence-electron chi connectivity index (χ1n) is 9.88. The summed E-state index contributed by atoms with van der Waals surface area (Å²) in [7, 11) is -1.51. The summed E-state index contributed by atoms with van der Waals surface area (Å²) in [4.78, 5) is 12.0. The van der Waals surface area contributed by atoms with Crippen molar-refractivity contribution in [1.82, 2.24) is 4.72 Å². The molecule has 2 rings (SSSR count). The van der Waals surface area contributed by atoms with Crippen molar-refractivity contribution in [2.45, 2.75) is 39.3 Å².